The number of methoxy groups -OCH3 is 2. The lowest BCUT2D eigenvalue weighted by molar-refractivity contribution is 0.0939. The highest BCUT2D eigenvalue weighted by atomic mass is 16.5. The molecule has 0 saturated carbocycles. The maximum absolute atomic E-state index is 12.5. The first-order valence-corrected chi connectivity index (χ1v) is 7.95. The predicted octanol–water partition coefficient (Wildman–Crippen LogP) is 3.76. The highest BCUT2D eigenvalue weighted by Crippen LogP contribution is 2.29. The Hall–Kier alpha value is -2.95. The molecule has 0 aliphatic carbocycles. The Balaban J connectivity index is 2.10. The zero-order valence-electron chi connectivity index (χ0n) is 14.7. The minimum Gasteiger partial charge on any atom is -0.497 e. The van der Waals surface area contributed by atoms with Crippen molar-refractivity contribution in [3.63, 3.8) is 0 Å². The van der Waals surface area contributed by atoms with Crippen LogP contribution in [0.2, 0.25) is 0 Å². The third kappa shape index (κ3) is 4.76. The van der Waals surface area contributed by atoms with Crippen LogP contribution in [0.5, 0.6) is 17.2 Å². The van der Waals surface area contributed by atoms with Crippen LogP contribution in [0.25, 0.3) is 0 Å². The number of ether oxygens (including phenoxy) is 3. The van der Waals surface area contributed by atoms with Gasteiger partial charge in [0.25, 0.3) is 5.91 Å². The zero-order chi connectivity index (χ0) is 18.2. The number of hydrogen-bond acceptors (Lipinski definition) is 4. The standard InChI is InChI=1S/C20H23NO4/c1-5-12-25-16-8-6-15(7-9-16)20(22)21-14(2)18-13-17(23-3)10-11-19(18)24-4/h5-11,13-14H,1,12H2,2-4H3,(H,21,22). The molecular weight excluding hydrogens is 318 g/mol. The first kappa shape index (κ1) is 18.4. The van der Waals surface area contributed by atoms with Crippen molar-refractivity contribution < 1.29 is 19.0 Å². The molecule has 1 unspecified atom stereocenters. The number of amides is 1. The molecule has 0 saturated heterocycles. The lowest BCUT2D eigenvalue weighted by Crippen LogP contribution is -2.26. The van der Waals surface area contributed by atoms with Crippen LogP contribution in [0.15, 0.2) is 55.1 Å². The van der Waals surface area contributed by atoms with E-state index in [1.807, 2.05) is 25.1 Å². The summed E-state index contributed by atoms with van der Waals surface area (Å²) in [6.07, 6.45) is 1.67. The van der Waals surface area contributed by atoms with Crippen molar-refractivity contribution in [2.24, 2.45) is 0 Å². The number of carbonyl (C=O) groups is 1. The van der Waals surface area contributed by atoms with E-state index in [2.05, 4.69) is 11.9 Å². The lowest BCUT2D eigenvalue weighted by Gasteiger charge is -2.18. The van der Waals surface area contributed by atoms with Crippen molar-refractivity contribution in [3.05, 3.63) is 66.2 Å². The van der Waals surface area contributed by atoms with Crippen LogP contribution >= 0.6 is 0 Å². The number of hydrogen-bond donors (Lipinski definition) is 1. The Morgan fingerprint density at radius 1 is 1.12 bits per heavy atom. The molecule has 1 atom stereocenters. The summed E-state index contributed by atoms with van der Waals surface area (Å²) < 4.78 is 16.0. The fourth-order valence-corrected chi connectivity index (χ4v) is 2.39. The molecule has 1 amide bonds. The van der Waals surface area contributed by atoms with E-state index in [0.717, 1.165) is 5.56 Å². The maximum atomic E-state index is 12.5. The van der Waals surface area contributed by atoms with Crippen molar-refractivity contribution in [2.45, 2.75) is 13.0 Å². The third-order valence-corrected chi connectivity index (χ3v) is 3.74. The molecule has 0 heterocycles. The first-order chi connectivity index (χ1) is 12.1. The predicted molar refractivity (Wildman–Crippen MR) is 97.6 cm³/mol. The van der Waals surface area contributed by atoms with Crippen molar-refractivity contribution >= 4 is 5.91 Å². The second-order valence-electron chi connectivity index (χ2n) is 5.43. The number of benzene rings is 2. The summed E-state index contributed by atoms with van der Waals surface area (Å²) in [6.45, 7) is 5.93. The highest BCUT2D eigenvalue weighted by Gasteiger charge is 2.16. The van der Waals surface area contributed by atoms with Crippen LogP contribution in [0.3, 0.4) is 0 Å². The molecule has 132 valence electrons. The van der Waals surface area contributed by atoms with E-state index in [1.54, 1.807) is 44.6 Å². The minimum atomic E-state index is -0.241. The summed E-state index contributed by atoms with van der Waals surface area (Å²) in [5.41, 5.74) is 1.40. The second-order valence-corrected chi connectivity index (χ2v) is 5.43. The molecule has 0 aliphatic heterocycles. The summed E-state index contributed by atoms with van der Waals surface area (Å²) in [4.78, 5) is 12.5. The van der Waals surface area contributed by atoms with Gasteiger partial charge in [-0.3, -0.25) is 4.79 Å². The molecule has 2 aromatic carbocycles. The van der Waals surface area contributed by atoms with Gasteiger partial charge in [0, 0.05) is 11.1 Å². The average Bonchev–Trinajstić information content (AvgIpc) is 2.66. The highest BCUT2D eigenvalue weighted by molar-refractivity contribution is 5.94. The average molecular weight is 341 g/mol. The van der Waals surface area contributed by atoms with Gasteiger partial charge in [-0.2, -0.15) is 0 Å². The van der Waals surface area contributed by atoms with E-state index in [0.29, 0.717) is 29.4 Å². The van der Waals surface area contributed by atoms with Gasteiger partial charge >= 0.3 is 0 Å². The van der Waals surface area contributed by atoms with Gasteiger partial charge in [-0.1, -0.05) is 12.7 Å². The second kappa shape index (κ2) is 8.78. The van der Waals surface area contributed by atoms with Crippen LogP contribution in [0, 0.1) is 0 Å². The van der Waals surface area contributed by atoms with E-state index in [4.69, 9.17) is 14.2 Å². The van der Waals surface area contributed by atoms with E-state index in [-0.39, 0.29) is 11.9 Å². The zero-order valence-corrected chi connectivity index (χ0v) is 14.7. The number of nitrogens with one attached hydrogen (secondary N) is 1. The van der Waals surface area contributed by atoms with Crippen LogP contribution in [0.1, 0.15) is 28.9 Å². The fraction of sp³-hybridized carbons (Fsp3) is 0.250. The van der Waals surface area contributed by atoms with Crippen molar-refractivity contribution in [2.75, 3.05) is 20.8 Å². The topological polar surface area (TPSA) is 56.8 Å². The molecule has 0 aromatic heterocycles. The van der Waals surface area contributed by atoms with Gasteiger partial charge < -0.3 is 19.5 Å². The Labute approximate surface area is 148 Å². The molecule has 0 aliphatic rings. The van der Waals surface area contributed by atoms with Gasteiger partial charge in [0.15, 0.2) is 0 Å². The van der Waals surface area contributed by atoms with Crippen LogP contribution in [-0.2, 0) is 0 Å². The molecule has 0 spiro atoms. The lowest BCUT2D eigenvalue weighted by atomic mass is 10.1. The maximum Gasteiger partial charge on any atom is 0.251 e. The third-order valence-electron chi connectivity index (χ3n) is 3.74. The molecule has 1 N–H and O–H groups in total. The molecule has 0 bridgehead atoms. The normalized spacial score (nSPS) is 11.3. The van der Waals surface area contributed by atoms with Crippen LogP contribution < -0.4 is 19.5 Å². The van der Waals surface area contributed by atoms with Crippen molar-refractivity contribution in [1.29, 1.82) is 0 Å². The molecule has 2 rings (SSSR count). The Morgan fingerprint density at radius 3 is 2.40 bits per heavy atom. The summed E-state index contributed by atoms with van der Waals surface area (Å²) in [7, 11) is 3.20. The molecule has 0 radical (unpaired) electrons. The molecular formula is C20H23NO4. The van der Waals surface area contributed by atoms with Gasteiger partial charge in [-0.15, -0.1) is 0 Å². The van der Waals surface area contributed by atoms with Gasteiger partial charge in [0.1, 0.15) is 23.9 Å². The Kier molecular flexibility index (Phi) is 6.46. The van der Waals surface area contributed by atoms with E-state index in [1.165, 1.54) is 0 Å². The molecule has 25 heavy (non-hydrogen) atoms. The van der Waals surface area contributed by atoms with E-state index in [9.17, 15) is 4.79 Å². The summed E-state index contributed by atoms with van der Waals surface area (Å²) >= 11 is 0. The summed E-state index contributed by atoms with van der Waals surface area (Å²) in [5, 5.41) is 2.97. The van der Waals surface area contributed by atoms with Gasteiger partial charge in [-0.05, 0) is 49.4 Å². The quantitative estimate of drug-likeness (QED) is 0.743. The number of rotatable bonds is 8. The van der Waals surface area contributed by atoms with Crippen LogP contribution in [-0.4, -0.2) is 26.7 Å². The Bertz CT molecular complexity index is 725. The smallest absolute Gasteiger partial charge is 0.251 e. The first-order valence-electron chi connectivity index (χ1n) is 7.95. The molecule has 2 aromatic rings. The van der Waals surface area contributed by atoms with Crippen molar-refractivity contribution in [1.82, 2.24) is 5.32 Å². The minimum absolute atomic E-state index is 0.173. The van der Waals surface area contributed by atoms with Gasteiger partial charge in [0.05, 0.1) is 20.3 Å². The van der Waals surface area contributed by atoms with Gasteiger partial charge in [0.2, 0.25) is 0 Å². The van der Waals surface area contributed by atoms with Crippen molar-refractivity contribution in [3.8, 4) is 17.2 Å². The SMILES string of the molecule is C=CCOc1ccc(C(=O)NC(C)c2cc(OC)ccc2OC)cc1. The van der Waals surface area contributed by atoms with E-state index < -0.39 is 0 Å². The number of carbonyl (C=O) groups excluding carboxylic acids is 1. The molecule has 0 fully saturated rings. The van der Waals surface area contributed by atoms with Crippen LogP contribution in [0.4, 0.5) is 0 Å². The largest absolute Gasteiger partial charge is 0.497 e. The fourth-order valence-electron chi connectivity index (χ4n) is 2.39. The summed E-state index contributed by atoms with van der Waals surface area (Å²) in [6, 6.07) is 12.2. The van der Waals surface area contributed by atoms with Gasteiger partial charge in [-0.25, -0.2) is 0 Å². The molecule has 5 nitrogen and oxygen atoms in total. The Morgan fingerprint density at radius 2 is 1.80 bits per heavy atom. The summed E-state index contributed by atoms with van der Waals surface area (Å²) in [5.74, 6) is 1.92. The molecule has 5 heteroatoms. The van der Waals surface area contributed by atoms with E-state index >= 15 is 0 Å². The monoisotopic (exact) mass is 341 g/mol.